The van der Waals surface area contributed by atoms with Gasteiger partial charge in [-0.25, -0.2) is 0 Å². The third-order valence-electron chi connectivity index (χ3n) is 1.11. The normalized spacial score (nSPS) is 12.4. The second-order valence-electron chi connectivity index (χ2n) is 2.11. The minimum atomic E-state index is -0.361. The predicted octanol–water partition coefficient (Wildman–Crippen LogP) is 0.191. The summed E-state index contributed by atoms with van der Waals surface area (Å²) >= 11 is 1.91. The van der Waals surface area contributed by atoms with Crippen molar-refractivity contribution in [2.45, 2.75) is 6.92 Å². The summed E-state index contributed by atoms with van der Waals surface area (Å²) in [5, 5.41) is 0. The number of methoxy groups -OCH3 is 1. The standard InChI is InChI=1S/C5H11BINO3/c1-4(5(9)10-2)3-11-6(7)8/h4H,3,8H2,1-2H3. The highest BCUT2D eigenvalue weighted by Gasteiger charge is 2.15. The molecule has 4 nitrogen and oxygen atoms in total. The summed E-state index contributed by atoms with van der Waals surface area (Å²) in [7, 11) is 1.35. The van der Waals surface area contributed by atoms with E-state index < -0.39 is 0 Å². The molecule has 64 valence electrons. The van der Waals surface area contributed by atoms with Crippen LogP contribution in [0.25, 0.3) is 0 Å². The van der Waals surface area contributed by atoms with Gasteiger partial charge in [0, 0.05) is 6.61 Å². The van der Waals surface area contributed by atoms with Gasteiger partial charge in [-0.05, 0) is 6.92 Å². The Hall–Kier alpha value is 0.185. The lowest BCUT2D eigenvalue weighted by atomic mass is 10.2. The molecule has 1 atom stereocenters. The van der Waals surface area contributed by atoms with Crippen molar-refractivity contribution in [1.82, 2.24) is 0 Å². The molecule has 11 heavy (non-hydrogen) atoms. The van der Waals surface area contributed by atoms with Crippen LogP contribution in [0.15, 0.2) is 0 Å². The van der Waals surface area contributed by atoms with Crippen LogP contribution < -0.4 is 5.64 Å². The summed E-state index contributed by atoms with van der Waals surface area (Å²) in [6, 6.07) is 0. The molecule has 0 saturated carbocycles. The van der Waals surface area contributed by atoms with Gasteiger partial charge in [-0.2, -0.15) is 0 Å². The number of esters is 1. The van der Waals surface area contributed by atoms with Crippen molar-refractivity contribution in [1.29, 1.82) is 0 Å². The smallest absolute Gasteiger partial charge is 0.451 e. The van der Waals surface area contributed by atoms with Gasteiger partial charge in [-0.1, -0.05) is 22.4 Å². The summed E-state index contributed by atoms with van der Waals surface area (Å²) < 4.78 is 9.47. The fraction of sp³-hybridized carbons (Fsp3) is 0.800. The van der Waals surface area contributed by atoms with Crippen molar-refractivity contribution in [3.8, 4) is 0 Å². The van der Waals surface area contributed by atoms with E-state index >= 15 is 0 Å². The van der Waals surface area contributed by atoms with Crippen LogP contribution in [0.1, 0.15) is 6.92 Å². The van der Waals surface area contributed by atoms with Crippen LogP contribution in [-0.4, -0.2) is 24.6 Å². The molecule has 0 aliphatic carbocycles. The van der Waals surface area contributed by atoms with E-state index in [1.165, 1.54) is 7.11 Å². The summed E-state index contributed by atoms with van der Waals surface area (Å²) in [4.78, 5) is 10.4. The zero-order valence-corrected chi connectivity index (χ0v) is 8.70. The van der Waals surface area contributed by atoms with E-state index in [2.05, 4.69) is 4.74 Å². The third-order valence-corrected chi connectivity index (χ3v) is 1.47. The van der Waals surface area contributed by atoms with Crippen molar-refractivity contribution in [2.75, 3.05) is 13.7 Å². The maximum Gasteiger partial charge on any atom is 0.451 e. The van der Waals surface area contributed by atoms with Gasteiger partial charge in [-0.3, -0.25) is 4.79 Å². The number of nitrogens with two attached hydrogens (primary N) is 1. The van der Waals surface area contributed by atoms with E-state index in [-0.39, 0.29) is 16.8 Å². The van der Waals surface area contributed by atoms with Crippen LogP contribution in [0.4, 0.5) is 0 Å². The first-order valence-electron chi connectivity index (χ1n) is 3.17. The number of carbonyl (C=O) groups is 1. The Morgan fingerprint density at radius 1 is 1.82 bits per heavy atom. The largest absolute Gasteiger partial charge is 0.469 e. The van der Waals surface area contributed by atoms with Crippen molar-refractivity contribution >= 4 is 33.3 Å². The Bertz CT molecular complexity index is 133. The zero-order chi connectivity index (χ0) is 8.85. The lowest BCUT2D eigenvalue weighted by molar-refractivity contribution is -0.145. The molecule has 6 heteroatoms. The summed E-state index contributed by atoms with van der Waals surface area (Å²) in [6.07, 6.45) is 0. The van der Waals surface area contributed by atoms with E-state index in [4.69, 9.17) is 10.3 Å². The van der Waals surface area contributed by atoms with Crippen LogP contribution in [0.2, 0.25) is 0 Å². The molecule has 2 N–H and O–H groups in total. The fourth-order valence-electron chi connectivity index (χ4n) is 0.505. The molecule has 0 aromatic heterocycles. The van der Waals surface area contributed by atoms with Crippen LogP contribution >= 0.6 is 22.4 Å². The van der Waals surface area contributed by atoms with Gasteiger partial charge in [-0.15, -0.1) is 0 Å². The quantitative estimate of drug-likeness (QED) is 0.450. The Labute approximate surface area is 79.8 Å². The van der Waals surface area contributed by atoms with Gasteiger partial charge in [0.1, 0.15) is 0 Å². The number of hydrogen-bond donors (Lipinski definition) is 1. The summed E-state index contributed by atoms with van der Waals surface area (Å²) in [6.45, 7) is 2.03. The molecular weight excluding hydrogens is 260 g/mol. The Morgan fingerprint density at radius 2 is 2.36 bits per heavy atom. The van der Waals surface area contributed by atoms with Gasteiger partial charge < -0.3 is 15.0 Å². The van der Waals surface area contributed by atoms with Crippen LogP contribution in [0.5, 0.6) is 0 Å². The maximum atomic E-state index is 10.8. The van der Waals surface area contributed by atoms with Gasteiger partial charge in [0.05, 0.1) is 13.0 Å². The van der Waals surface area contributed by atoms with Crippen molar-refractivity contribution < 1.29 is 14.2 Å². The molecule has 0 spiro atoms. The second kappa shape index (κ2) is 5.79. The van der Waals surface area contributed by atoms with E-state index in [1.807, 2.05) is 22.4 Å². The highest BCUT2D eigenvalue weighted by atomic mass is 127. The minimum absolute atomic E-state index is 0.249. The van der Waals surface area contributed by atoms with E-state index in [0.29, 0.717) is 6.61 Å². The van der Waals surface area contributed by atoms with Crippen LogP contribution in [0.3, 0.4) is 0 Å². The fourth-order valence-corrected chi connectivity index (χ4v) is 0.713. The number of hydrogen-bond acceptors (Lipinski definition) is 4. The number of ether oxygens (including phenoxy) is 1. The van der Waals surface area contributed by atoms with Crippen LogP contribution in [-0.2, 0) is 14.2 Å². The topological polar surface area (TPSA) is 61.5 Å². The molecule has 0 aromatic carbocycles. The molecule has 0 saturated heterocycles. The van der Waals surface area contributed by atoms with E-state index in [9.17, 15) is 4.79 Å². The number of carbonyl (C=O) groups excluding carboxylic acids is 1. The Morgan fingerprint density at radius 3 is 2.73 bits per heavy atom. The molecule has 0 fully saturated rings. The predicted molar refractivity (Wildman–Crippen MR) is 51.1 cm³/mol. The summed E-state index contributed by atoms with van der Waals surface area (Å²) in [5.41, 5.74) is 5.29. The molecule has 0 radical (unpaired) electrons. The van der Waals surface area contributed by atoms with Crippen molar-refractivity contribution in [3.05, 3.63) is 0 Å². The average Bonchev–Trinajstić information content (AvgIpc) is 1.98. The second-order valence-corrected chi connectivity index (χ2v) is 3.34. The number of halogens is 1. The lowest BCUT2D eigenvalue weighted by Gasteiger charge is -2.09. The average molecular weight is 271 g/mol. The first kappa shape index (κ1) is 11.2. The van der Waals surface area contributed by atoms with Crippen molar-refractivity contribution in [3.63, 3.8) is 0 Å². The molecule has 0 amide bonds. The third kappa shape index (κ3) is 5.45. The lowest BCUT2D eigenvalue weighted by Crippen LogP contribution is -2.27. The molecule has 0 aliphatic heterocycles. The molecule has 0 heterocycles. The zero-order valence-electron chi connectivity index (χ0n) is 6.54. The van der Waals surface area contributed by atoms with Gasteiger partial charge in [0.15, 0.2) is 0 Å². The minimum Gasteiger partial charge on any atom is -0.469 e. The molecule has 1 unspecified atom stereocenters. The highest BCUT2D eigenvalue weighted by molar-refractivity contribution is 14.1. The SMILES string of the molecule is COC(=O)C(C)COB(N)I. The molecular formula is C5H11BINO3. The van der Waals surface area contributed by atoms with E-state index in [1.54, 1.807) is 6.92 Å². The Kier molecular flexibility index (Phi) is 5.88. The van der Waals surface area contributed by atoms with E-state index in [0.717, 1.165) is 0 Å². The Balaban J connectivity index is 3.52. The molecule has 0 bridgehead atoms. The van der Waals surface area contributed by atoms with Crippen molar-refractivity contribution in [2.24, 2.45) is 11.6 Å². The monoisotopic (exact) mass is 271 g/mol. The van der Waals surface area contributed by atoms with Crippen LogP contribution in [0, 0.1) is 5.92 Å². The van der Waals surface area contributed by atoms with Gasteiger partial charge >= 0.3 is 10.9 Å². The van der Waals surface area contributed by atoms with Gasteiger partial charge in [0.25, 0.3) is 0 Å². The summed E-state index contributed by atoms with van der Waals surface area (Å²) in [5.74, 6) is -0.525. The first-order valence-corrected chi connectivity index (χ1v) is 4.41. The molecule has 0 rings (SSSR count). The maximum absolute atomic E-state index is 10.8. The molecule has 0 aliphatic rings. The molecule has 0 aromatic rings. The first-order chi connectivity index (χ1) is 5.07. The van der Waals surface area contributed by atoms with Gasteiger partial charge in [0.2, 0.25) is 0 Å². The number of rotatable bonds is 4. The highest BCUT2D eigenvalue weighted by Crippen LogP contribution is 2.00.